The van der Waals surface area contributed by atoms with Crippen LogP contribution in [0.15, 0.2) is 0 Å². The third-order valence-corrected chi connectivity index (χ3v) is 12.5. The van der Waals surface area contributed by atoms with Gasteiger partial charge in [-0.3, -0.25) is 9.59 Å². The van der Waals surface area contributed by atoms with Crippen molar-refractivity contribution in [3.63, 3.8) is 0 Å². The van der Waals surface area contributed by atoms with Crippen LogP contribution in [-0.2, 0) is 38.3 Å². The molecule has 8 nitrogen and oxygen atoms in total. The van der Waals surface area contributed by atoms with Gasteiger partial charge in [0.05, 0.1) is 24.4 Å². The van der Waals surface area contributed by atoms with Crippen molar-refractivity contribution in [3.8, 4) is 0 Å². The molecule has 224 valence electrons. The monoisotopic (exact) mass is 688 g/mol. The largest absolute Gasteiger partial charge is 0.462 e. The van der Waals surface area contributed by atoms with Crippen molar-refractivity contribution in [3.05, 3.63) is 0 Å². The fourth-order valence-electron chi connectivity index (χ4n) is 11.0. The maximum Gasteiger partial charge on any atom is 0.319 e. The van der Waals surface area contributed by atoms with Gasteiger partial charge in [-0.15, -0.1) is 0 Å². The van der Waals surface area contributed by atoms with Crippen LogP contribution in [0, 0.1) is 35.5 Å². The second-order valence-electron chi connectivity index (χ2n) is 14.1. The molecule has 2 spiro atoms. The summed E-state index contributed by atoms with van der Waals surface area (Å²) in [4.78, 5) is 36.0. The van der Waals surface area contributed by atoms with Gasteiger partial charge in [0.2, 0.25) is 0 Å². The summed E-state index contributed by atoms with van der Waals surface area (Å²) in [7, 11) is 0. The van der Waals surface area contributed by atoms with Crippen LogP contribution in [-0.4, -0.2) is 70.4 Å². The molecule has 9 aliphatic rings. The maximum atomic E-state index is 11.9. The first-order chi connectivity index (χ1) is 19.1. The fraction of sp³-hybridized carbons (Fsp3) is 0.933. The minimum Gasteiger partial charge on any atom is -0.462 e. The summed E-state index contributed by atoms with van der Waals surface area (Å²) < 4.78 is 23.9. The lowest BCUT2D eigenvalue weighted by Crippen LogP contribution is -2.86. The Morgan fingerprint density at radius 1 is 0.650 bits per heavy atom. The van der Waals surface area contributed by atoms with E-state index >= 15 is 0 Å². The number of carbonyl (C=O) groups excluding carboxylic acids is 2. The van der Waals surface area contributed by atoms with Gasteiger partial charge < -0.3 is 18.9 Å². The third-order valence-electron chi connectivity index (χ3n) is 11.7. The van der Waals surface area contributed by atoms with E-state index in [0.717, 1.165) is 38.5 Å². The molecule has 10 heteroatoms. The number of esters is 2. The molecule has 0 radical (unpaired) electrons. The normalized spacial score (nSPS) is 48.8. The minimum atomic E-state index is -0.301. The Bertz CT molecular complexity index is 919. The highest BCUT2D eigenvalue weighted by Crippen LogP contribution is 2.76. The van der Waals surface area contributed by atoms with Crippen molar-refractivity contribution in [1.29, 1.82) is 0 Å². The van der Waals surface area contributed by atoms with Gasteiger partial charge in [0.1, 0.15) is 34.1 Å². The Balaban J connectivity index is 1.04. The van der Waals surface area contributed by atoms with Crippen molar-refractivity contribution in [1.82, 2.24) is 0 Å². The molecule has 9 rings (SSSR count). The third kappa shape index (κ3) is 4.23. The molecule has 1 heterocycles. The van der Waals surface area contributed by atoms with Gasteiger partial charge >= 0.3 is 11.9 Å². The number of alkyl halides is 2. The number of ether oxygens (including phenoxy) is 4. The molecule has 1 saturated heterocycles. The summed E-state index contributed by atoms with van der Waals surface area (Å²) in [5.41, 5.74) is -0.677. The summed E-state index contributed by atoms with van der Waals surface area (Å²) in [6.07, 6.45) is 11.1. The lowest BCUT2D eigenvalue weighted by molar-refractivity contribution is -0.618. The standard InChI is InChI=1S/C30H42Br2O8/c1-17(31)25(33)35-3-5-37-27-11-19-7-21(13-27)29(22(8-19)14-27)30(40-39-29)23-9-20-10-24(30)16-28(12-20,15-23)38-6-4-36-26(34)18(2)32/h17-24H,3-16H2,1-2H3/t17?,18?,19?,20?,21-,22+,23-,24+,27?,28?,29?,30?. The summed E-state index contributed by atoms with van der Waals surface area (Å²) in [5.74, 6) is 2.63. The molecular formula is C30H42Br2O8. The van der Waals surface area contributed by atoms with Crippen molar-refractivity contribution in [2.45, 2.75) is 110 Å². The van der Waals surface area contributed by atoms with Gasteiger partial charge in [0, 0.05) is 0 Å². The van der Waals surface area contributed by atoms with E-state index in [-0.39, 0.29) is 44.0 Å². The first-order valence-corrected chi connectivity index (χ1v) is 17.2. The van der Waals surface area contributed by atoms with Crippen molar-refractivity contribution >= 4 is 43.8 Å². The number of halogens is 2. The highest BCUT2D eigenvalue weighted by atomic mass is 79.9. The molecule has 0 aromatic carbocycles. The summed E-state index contributed by atoms with van der Waals surface area (Å²) in [6.45, 7) is 5.05. The van der Waals surface area contributed by atoms with Gasteiger partial charge in [-0.05, 0) is 114 Å². The quantitative estimate of drug-likeness (QED) is 0.133. The zero-order valence-electron chi connectivity index (χ0n) is 23.5. The molecule has 8 bridgehead atoms. The number of hydrogen-bond donors (Lipinski definition) is 0. The van der Waals surface area contributed by atoms with Crippen LogP contribution in [0.25, 0.3) is 0 Å². The van der Waals surface area contributed by atoms with E-state index in [1.165, 1.54) is 25.7 Å². The average Bonchev–Trinajstić information content (AvgIpc) is 2.87. The Morgan fingerprint density at radius 2 is 1.00 bits per heavy atom. The van der Waals surface area contributed by atoms with Crippen LogP contribution in [0.3, 0.4) is 0 Å². The molecule has 1 aliphatic heterocycles. The maximum absolute atomic E-state index is 11.9. The SMILES string of the molecule is CC(Br)C(=O)OCCOC12CC3C[C@H](C1)C1(OOC14[C@@H]1CC5C[C@H]4CC(OCCOC(=O)C(C)Br)(C5)C1)[C@@H](C3)C2. The van der Waals surface area contributed by atoms with Gasteiger partial charge in [-0.1, -0.05) is 31.9 Å². The predicted molar refractivity (Wildman–Crippen MR) is 151 cm³/mol. The lowest BCUT2D eigenvalue weighted by Gasteiger charge is -2.78. The molecule has 12 atom stereocenters. The van der Waals surface area contributed by atoms with Gasteiger partial charge in [0.25, 0.3) is 0 Å². The number of hydrogen-bond acceptors (Lipinski definition) is 8. The van der Waals surface area contributed by atoms with Crippen molar-refractivity contribution < 1.29 is 38.3 Å². The van der Waals surface area contributed by atoms with E-state index < -0.39 is 0 Å². The molecule has 8 aliphatic carbocycles. The zero-order valence-corrected chi connectivity index (χ0v) is 26.7. The molecule has 0 amide bonds. The summed E-state index contributed by atoms with van der Waals surface area (Å²) in [5, 5.41) is 0. The van der Waals surface area contributed by atoms with E-state index in [2.05, 4.69) is 31.9 Å². The van der Waals surface area contributed by atoms with Crippen LogP contribution in [0.1, 0.15) is 78.1 Å². The van der Waals surface area contributed by atoms with Crippen LogP contribution in [0.2, 0.25) is 0 Å². The summed E-state index contributed by atoms with van der Waals surface area (Å²) >= 11 is 6.54. The molecule has 8 unspecified atom stereocenters. The van der Waals surface area contributed by atoms with E-state index in [1.54, 1.807) is 13.8 Å². The predicted octanol–water partition coefficient (Wildman–Crippen LogP) is 5.27. The Kier molecular flexibility index (Phi) is 7.23. The Hall–Kier alpha value is -0.260. The smallest absolute Gasteiger partial charge is 0.319 e. The van der Waals surface area contributed by atoms with Crippen LogP contribution < -0.4 is 0 Å². The van der Waals surface area contributed by atoms with Crippen LogP contribution in [0.4, 0.5) is 0 Å². The van der Waals surface area contributed by atoms with Gasteiger partial charge in [-0.2, -0.15) is 0 Å². The first-order valence-electron chi connectivity index (χ1n) is 15.4. The second-order valence-corrected chi connectivity index (χ2v) is 16.8. The summed E-state index contributed by atoms with van der Waals surface area (Å²) in [6, 6.07) is 0. The number of rotatable bonds is 10. The molecule has 9 fully saturated rings. The van der Waals surface area contributed by atoms with E-state index in [1.807, 2.05) is 0 Å². The molecular weight excluding hydrogens is 648 g/mol. The zero-order chi connectivity index (χ0) is 27.9. The molecule has 0 aromatic rings. The Morgan fingerprint density at radius 3 is 1.30 bits per heavy atom. The van der Waals surface area contributed by atoms with Crippen molar-refractivity contribution in [2.75, 3.05) is 26.4 Å². The molecule has 8 saturated carbocycles. The van der Waals surface area contributed by atoms with Crippen molar-refractivity contribution in [2.24, 2.45) is 35.5 Å². The highest BCUT2D eigenvalue weighted by molar-refractivity contribution is 9.10. The molecule has 0 N–H and O–H groups in total. The molecule has 40 heavy (non-hydrogen) atoms. The number of carbonyl (C=O) groups is 2. The molecule has 0 aromatic heterocycles. The minimum absolute atomic E-state index is 0.130. The lowest BCUT2D eigenvalue weighted by atomic mass is 9.36. The topological polar surface area (TPSA) is 89.5 Å². The van der Waals surface area contributed by atoms with Gasteiger partial charge in [0.15, 0.2) is 0 Å². The van der Waals surface area contributed by atoms with Crippen LogP contribution in [0.5, 0.6) is 0 Å². The second kappa shape index (κ2) is 10.1. The van der Waals surface area contributed by atoms with E-state index in [9.17, 15) is 9.59 Å². The van der Waals surface area contributed by atoms with Crippen LogP contribution >= 0.6 is 31.9 Å². The Labute approximate surface area is 253 Å². The average molecular weight is 690 g/mol. The first kappa shape index (κ1) is 28.5. The van der Waals surface area contributed by atoms with E-state index in [0.29, 0.717) is 61.9 Å². The fourth-order valence-corrected chi connectivity index (χ4v) is 11.2. The van der Waals surface area contributed by atoms with E-state index in [4.69, 9.17) is 28.7 Å². The van der Waals surface area contributed by atoms with Gasteiger partial charge in [-0.25, -0.2) is 9.78 Å². The highest BCUT2D eigenvalue weighted by Gasteiger charge is 2.83.